The van der Waals surface area contributed by atoms with Gasteiger partial charge in [-0.1, -0.05) is 79.7 Å². The monoisotopic (exact) mass is 735 g/mol. The molecule has 7 rings (SSSR count). The van der Waals surface area contributed by atoms with E-state index in [1.165, 1.54) is 6.92 Å². The van der Waals surface area contributed by atoms with E-state index >= 15 is 0 Å². The van der Waals surface area contributed by atoms with Crippen LogP contribution in [-0.2, 0) is 26.8 Å². The second kappa shape index (κ2) is 14.1. The fraction of sp³-hybridized carbons (Fsp3) is 0.237. The Balaban J connectivity index is 0.00000448. The number of ether oxygens (including phenoxy) is 1. The molecule has 1 spiro atoms. The van der Waals surface area contributed by atoms with Gasteiger partial charge in [0.1, 0.15) is 0 Å². The van der Waals surface area contributed by atoms with Gasteiger partial charge in [-0.05, 0) is 46.4 Å². The van der Waals surface area contributed by atoms with Gasteiger partial charge in [-0.15, -0.1) is 0 Å². The summed E-state index contributed by atoms with van der Waals surface area (Å²) in [4.78, 5) is -1.70. The van der Waals surface area contributed by atoms with Crippen molar-refractivity contribution in [2.24, 2.45) is 0 Å². The molecule has 1 fully saturated rings. The van der Waals surface area contributed by atoms with Crippen molar-refractivity contribution in [3.8, 4) is 28.0 Å². The van der Waals surface area contributed by atoms with Crippen molar-refractivity contribution < 1.29 is 69.2 Å². The normalized spacial score (nSPS) is 20.9. The fourth-order valence-corrected chi connectivity index (χ4v) is 8.54. The maximum Gasteiger partial charge on any atom is 1.00 e. The number of allylic oxidation sites excluding steroid dienone is 2. The summed E-state index contributed by atoms with van der Waals surface area (Å²) in [7, 11) is -9.23. The van der Waals surface area contributed by atoms with Crippen LogP contribution in [0.25, 0.3) is 39.4 Å². The molecule has 13 heteroatoms. The van der Waals surface area contributed by atoms with Gasteiger partial charge in [-0.25, -0.2) is 21.3 Å². The first-order valence-electron chi connectivity index (χ1n) is 16.4. The first-order valence-corrected chi connectivity index (χ1v) is 19.4. The summed E-state index contributed by atoms with van der Waals surface area (Å²) < 4.78 is 87.6. The Hall–Kier alpha value is -3.59. The van der Waals surface area contributed by atoms with E-state index in [-0.39, 0.29) is 53.4 Å². The zero-order valence-corrected chi connectivity index (χ0v) is 32.2. The molecule has 51 heavy (non-hydrogen) atoms. The minimum Gasteiger partial charge on any atom is -0.748 e. The van der Waals surface area contributed by atoms with Gasteiger partial charge in [0.2, 0.25) is 10.5 Å². The molecule has 2 aliphatic heterocycles. The Morgan fingerprint density at radius 2 is 1.51 bits per heavy atom. The predicted octanol–water partition coefficient (Wildman–Crippen LogP) is 3.69. The third-order valence-electron chi connectivity index (χ3n) is 9.96. The van der Waals surface area contributed by atoms with Crippen molar-refractivity contribution in [1.82, 2.24) is 4.48 Å². The average Bonchev–Trinajstić information content (AvgIpc) is 3.61. The second-order valence-electron chi connectivity index (χ2n) is 12.9. The van der Waals surface area contributed by atoms with E-state index in [9.17, 15) is 25.9 Å². The van der Waals surface area contributed by atoms with Crippen molar-refractivity contribution >= 4 is 43.1 Å². The molecule has 0 amide bonds. The molecule has 4 aromatic carbocycles. The van der Waals surface area contributed by atoms with Gasteiger partial charge >= 0.3 is 41.3 Å². The van der Waals surface area contributed by atoms with Gasteiger partial charge in [0, 0.05) is 37.3 Å². The van der Waals surface area contributed by atoms with Crippen LogP contribution in [0.4, 0.5) is 5.69 Å². The van der Waals surface area contributed by atoms with Crippen molar-refractivity contribution in [1.29, 1.82) is 0 Å². The number of benzene rings is 4. The number of aryl methyl sites for hydroxylation is 1. The van der Waals surface area contributed by atoms with Gasteiger partial charge in [0.25, 0.3) is 5.52 Å². The summed E-state index contributed by atoms with van der Waals surface area (Å²) in [5.74, 6) is 0.682. The average molecular weight is 736 g/mol. The van der Waals surface area contributed by atoms with Gasteiger partial charge in [-0.2, -0.15) is 4.57 Å². The van der Waals surface area contributed by atoms with E-state index in [4.69, 9.17) is 9.15 Å². The van der Waals surface area contributed by atoms with Gasteiger partial charge in [0.15, 0.2) is 28.1 Å². The zero-order valence-electron chi connectivity index (χ0n) is 28.6. The van der Waals surface area contributed by atoms with Gasteiger partial charge < -0.3 is 18.3 Å². The number of fused-ring (bicyclic) bond motifs is 3. The molecule has 258 valence electrons. The molecule has 0 N–H and O–H groups in total. The molecule has 0 aliphatic carbocycles. The van der Waals surface area contributed by atoms with Crippen LogP contribution in [0.2, 0.25) is 0 Å². The third kappa shape index (κ3) is 6.75. The molecular weight excluding hydrogens is 700 g/mol. The van der Waals surface area contributed by atoms with Crippen LogP contribution in [-0.4, -0.2) is 43.1 Å². The Kier molecular flexibility index (Phi) is 10.3. The molecule has 2 atom stereocenters. The molecule has 1 saturated heterocycles. The standard InChI is InChI=1S/C38H36N2O8S2.Na/c1-3-27(23-36-39(20-10-22-49(41,42)43)32-25-30(15-17-34(32)47-36)28-11-6-4-7-12-28)24-37-40(21-19-38(40,2)50(44,45)46)33-26-31(16-18-35(33)48-37)29-13-8-5-9-14-29;/h4-9,11-18,23-26H,3,10,19-22H2,1-2H3;/q;+1. The number of nitrogens with zero attached hydrogens (tertiary/aromatic N) is 2. The van der Waals surface area contributed by atoms with E-state index < -0.39 is 30.9 Å². The van der Waals surface area contributed by atoms with Gasteiger partial charge in [0.05, 0.1) is 29.2 Å². The molecule has 0 bridgehead atoms. The molecule has 3 heterocycles. The van der Waals surface area contributed by atoms with Crippen LogP contribution in [0.5, 0.6) is 5.75 Å². The number of aromatic nitrogens is 1. The molecule has 5 aromatic rings. The van der Waals surface area contributed by atoms with Crippen molar-refractivity contribution in [3.05, 3.63) is 120 Å². The van der Waals surface area contributed by atoms with E-state index in [0.29, 0.717) is 41.8 Å². The minimum atomic E-state index is -4.80. The van der Waals surface area contributed by atoms with Crippen molar-refractivity contribution in [2.75, 3.05) is 12.3 Å². The predicted molar refractivity (Wildman–Crippen MR) is 189 cm³/mol. The molecule has 0 saturated carbocycles. The Morgan fingerprint density at radius 1 is 0.882 bits per heavy atom. The summed E-state index contributed by atoms with van der Waals surface area (Å²) in [6, 6.07) is 30.9. The zero-order chi connectivity index (χ0) is 35.3. The number of hydrogen-bond acceptors (Lipinski definition) is 8. The number of rotatable bonds is 10. The van der Waals surface area contributed by atoms with Crippen LogP contribution in [0.1, 0.15) is 39.0 Å². The maximum atomic E-state index is 12.9. The quantitative estimate of drug-likeness (QED) is 0.0916. The first-order chi connectivity index (χ1) is 23.8. The summed E-state index contributed by atoms with van der Waals surface area (Å²) in [6.07, 6.45) is 4.31. The van der Waals surface area contributed by atoms with Crippen molar-refractivity contribution in [3.63, 3.8) is 0 Å². The SMILES string of the molecule is CCC(=Cc1oc2ccc(-c3ccccc3)cc2[n+]1CCCS(=O)(=O)[O-])C=C1Oc2ccc(-c3ccccc3)cc2[N+]12CCC2(C)S(=O)(=O)[O-].[Na+]. The van der Waals surface area contributed by atoms with Crippen LogP contribution >= 0.6 is 0 Å². The molecule has 1 aromatic heterocycles. The van der Waals surface area contributed by atoms with E-state index in [1.54, 1.807) is 6.08 Å². The molecule has 10 nitrogen and oxygen atoms in total. The smallest absolute Gasteiger partial charge is 0.748 e. The summed E-state index contributed by atoms with van der Waals surface area (Å²) >= 11 is 0. The Morgan fingerprint density at radius 3 is 2.08 bits per heavy atom. The second-order valence-corrected chi connectivity index (χ2v) is 16.2. The minimum absolute atomic E-state index is 0. The van der Waals surface area contributed by atoms with Gasteiger partial charge in [-0.3, -0.25) is 0 Å². The third-order valence-corrected chi connectivity index (χ3v) is 12.3. The number of oxazole rings is 1. The summed E-state index contributed by atoms with van der Waals surface area (Å²) in [5.41, 5.74) is 6.36. The fourth-order valence-electron chi connectivity index (χ4n) is 7.06. The largest absolute Gasteiger partial charge is 1.00 e. The molecule has 2 aliphatic rings. The maximum absolute atomic E-state index is 12.9. The summed E-state index contributed by atoms with van der Waals surface area (Å²) in [6.45, 7) is 3.97. The van der Waals surface area contributed by atoms with Crippen LogP contribution < -0.4 is 43.3 Å². The topological polar surface area (TPSA) is 141 Å². The van der Waals surface area contributed by atoms with Crippen LogP contribution in [0.3, 0.4) is 0 Å². The number of hydrogen-bond donors (Lipinski definition) is 0. The first kappa shape index (κ1) is 37.2. The van der Waals surface area contributed by atoms with Crippen molar-refractivity contribution in [2.45, 2.75) is 44.5 Å². The van der Waals surface area contributed by atoms with E-state index in [0.717, 1.165) is 33.3 Å². The molecule has 0 radical (unpaired) electrons. The van der Waals surface area contributed by atoms with Crippen LogP contribution in [0.15, 0.2) is 119 Å². The molecule has 2 unspecified atom stereocenters. The van der Waals surface area contributed by atoms with E-state index in [1.807, 2.05) is 115 Å². The van der Waals surface area contributed by atoms with Crippen LogP contribution in [0, 0.1) is 0 Å². The Labute approximate surface area is 320 Å². The number of quaternary nitrogens is 1. The summed E-state index contributed by atoms with van der Waals surface area (Å²) in [5, 5.41) is 0. The van der Waals surface area contributed by atoms with E-state index in [2.05, 4.69) is 0 Å². The Bertz CT molecular complexity index is 2390. The molecular formula is C38H36N2NaO8S2+.